The molecule has 0 saturated heterocycles. The number of aliphatic imine (C=N–C) groups is 1. The smallest absolute Gasteiger partial charge is 0.230 e. The van der Waals surface area contributed by atoms with Gasteiger partial charge in [0.25, 0.3) is 0 Å². The molecule has 0 aromatic rings. The average Bonchev–Trinajstić information content (AvgIpc) is 2.99. The summed E-state index contributed by atoms with van der Waals surface area (Å²) in [7, 11) is 5.48. The second-order valence-corrected chi connectivity index (χ2v) is 7.23. The molecular formula is C16H32N4OS. The number of amides is 1. The molecule has 0 unspecified atom stereocenters. The Bertz CT molecular complexity index is 365. The molecule has 0 atom stereocenters. The Morgan fingerprint density at radius 3 is 2.45 bits per heavy atom. The summed E-state index contributed by atoms with van der Waals surface area (Å²) in [6.45, 7) is 1.60. The van der Waals surface area contributed by atoms with Gasteiger partial charge in [0.15, 0.2) is 5.96 Å². The Morgan fingerprint density at radius 1 is 1.23 bits per heavy atom. The molecule has 0 aliphatic heterocycles. The van der Waals surface area contributed by atoms with Gasteiger partial charge in [-0.1, -0.05) is 12.8 Å². The van der Waals surface area contributed by atoms with E-state index in [1.54, 1.807) is 11.9 Å². The van der Waals surface area contributed by atoms with Crippen LogP contribution in [0.3, 0.4) is 0 Å². The number of nitrogens with zero attached hydrogens (tertiary/aromatic N) is 2. The van der Waals surface area contributed by atoms with Crippen molar-refractivity contribution in [3.8, 4) is 0 Å². The van der Waals surface area contributed by atoms with Gasteiger partial charge in [-0.15, -0.1) is 0 Å². The van der Waals surface area contributed by atoms with Crippen LogP contribution in [0, 0.1) is 5.41 Å². The minimum atomic E-state index is -0.250. The van der Waals surface area contributed by atoms with E-state index in [1.807, 2.05) is 25.9 Å². The van der Waals surface area contributed by atoms with Gasteiger partial charge in [0.2, 0.25) is 5.91 Å². The lowest BCUT2D eigenvalue weighted by molar-refractivity contribution is -0.138. The van der Waals surface area contributed by atoms with Gasteiger partial charge in [0.1, 0.15) is 0 Å². The molecule has 1 fully saturated rings. The molecule has 0 spiro atoms. The van der Waals surface area contributed by atoms with Crippen molar-refractivity contribution in [1.82, 2.24) is 15.5 Å². The van der Waals surface area contributed by atoms with Gasteiger partial charge in [0.05, 0.1) is 5.41 Å². The number of rotatable bonds is 8. The van der Waals surface area contributed by atoms with E-state index >= 15 is 0 Å². The van der Waals surface area contributed by atoms with Crippen molar-refractivity contribution in [2.24, 2.45) is 10.4 Å². The summed E-state index contributed by atoms with van der Waals surface area (Å²) in [5.41, 5.74) is -0.250. The standard InChI is InChI=1S/C16H32N4OS/c1-17-15(18-11-7-8-12-22-4)19-13-16(9-5-6-10-16)14(21)20(2)3/h5-13H2,1-4H3,(H2,17,18,19). The minimum absolute atomic E-state index is 0.243. The maximum atomic E-state index is 12.5. The normalized spacial score (nSPS) is 17.4. The van der Waals surface area contributed by atoms with E-state index in [4.69, 9.17) is 0 Å². The van der Waals surface area contributed by atoms with Gasteiger partial charge in [-0.2, -0.15) is 11.8 Å². The predicted molar refractivity (Wildman–Crippen MR) is 96.6 cm³/mol. The maximum absolute atomic E-state index is 12.5. The van der Waals surface area contributed by atoms with Crippen molar-refractivity contribution in [3.05, 3.63) is 0 Å². The molecule has 1 saturated carbocycles. The molecule has 0 heterocycles. The average molecular weight is 329 g/mol. The van der Waals surface area contributed by atoms with Crippen LogP contribution in [0.5, 0.6) is 0 Å². The summed E-state index contributed by atoms with van der Waals surface area (Å²) in [6.07, 6.45) is 8.72. The topological polar surface area (TPSA) is 56.7 Å². The molecule has 1 amide bonds. The molecule has 5 nitrogen and oxygen atoms in total. The van der Waals surface area contributed by atoms with Crippen LogP contribution in [-0.2, 0) is 4.79 Å². The molecule has 1 rings (SSSR count). The fourth-order valence-corrected chi connectivity index (χ4v) is 3.54. The Balaban J connectivity index is 2.44. The number of nitrogens with one attached hydrogen (secondary N) is 2. The van der Waals surface area contributed by atoms with Crippen molar-refractivity contribution < 1.29 is 4.79 Å². The third-order valence-electron chi connectivity index (χ3n) is 4.31. The molecule has 128 valence electrons. The van der Waals surface area contributed by atoms with Gasteiger partial charge >= 0.3 is 0 Å². The SMILES string of the molecule is CN=C(NCCCCSC)NCC1(C(=O)N(C)C)CCCC1. The zero-order chi connectivity index (χ0) is 16.4. The number of unbranched alkanes of at least 4 members (excludes halogenated alkanes) is 1. The highest BCUT2D eigenvalue weighted by molar-refractivity contribution is 7.98. The summed E-state index contributed by atoms with van der Waals surface area (Å²) >= 11 is 1.88. The van der Waals surface area contributed by atoms with Crippen molar-refractivity contribution >= 4 is 23.6 Å². The highest BCUT2D eigenvalue weighted by Crippen LogP contribution is 2.38. The first-order chi connectivity index (χ1) is 10.6. The Kier molecular flexibility index (Phi) is 8.68. The summed E-state index contributed by atoms with van der Waals surface area (Å²) in [5, 5.41) is 6.71. The minimum Gasteiger partial charge on any atom is -0.356 e. The van der Waals surface area contributed by atoms with E-state index in [2.05, 4.69) is 21.9 Å². The largest absolute Gasteiger partial charge is 0.356 e. The fraction of sp³-hybridized carbons (Fsp3) is 0.875. The Hall–Kier alpha value is -0.910. The van der Waals surface area contributed by atoms with Gasteiger partial charge in [-0.05, 0) is 37.7 Å². The third-order valence-corrected chi connectivity index (χ3v) is 5.00. The number of guanidine groups is 1. The van der Waals surface area contributed by atoms with Gasteiger partial charge in [-0.25, -0.2) is 0 Å². The highest BCUT2D eigenvalue weighted by atomic mass is 32.2. The molecule has 0 bridgehead atoms. The third kappa shape index (κ3) is 5.71. The molecule has 1 aliphatic carbocycles. The van der Waals surface area contributed by atoms with Crippen LogP contribution < -0.4 is 10.6 Å². The second-order valence-electron chi connectivity index (χ2n) is 6.24. The zero-order valence-corrected chi connectivity index (χ0v) is 15.4. The molecule has 0 aromatic heterocycles. The fourth-order valence-electron chi connectivity index (χ4n) is 3.04. The van der Waals surface area contributed by atoms with E-state index in [0.717, 1.165) is 44.6 Å². The molecule has 1 aliphatic rings. The van der Waals surface area contributed by atoms with Crippen LogP contribution in [0.15, 0.2) is 4.99 Å². The maximum Gasteiger partial charge on any atom is 0.230 e. The first-order valence-corrected chi connectivity index (χ1v) is 9.60. The molecule has 22 heavy (non-hydrogen) atoms. The van der Waals surface area contributed by atoms with Crippen molar-refractivity contribution in [3.63, 3.8) is 0 Å². The van der Waals surface area contributed by atoms with Crippen LogP contribution in [0.2, 0.25) is 0 Å². The predicted octanol–water partition coefficient (Wildman–Crippen LogP) is 1.94. The Labute approximate surface area is 139 Å². The lowest BCUT2D eigenvalue weighted by atomic mass is 9.84. The number of hydrogen-bond donors (Lipinski definition) is 2. The van der Waals surface area contributed by atoms with Crippen LogP contribution in [0.4, 0.5) is 0 Å². The van der Waals surface area contributed by atoms with Crippen LogP contribution in [0.25, 0.3) is 0 Å². The van der Waals surface area contributed by atoms with Crippen LogP contribution in [0.1, 0.15) is 38.5 Å². The number of carbonyl (C=O) groups excluding carboxylic acids is 1. The van der Waals surface area contributed by atoms with E-state index in [9.17, 15) is 4.79 Å². The molecule has 6 heteroatoms. The molecule has 0 aromatic carbocycles. The van der Waals surface area contributed by atoms with Crippen molar-refractivity contribution in [1.29, 1.82) is 0 Å². The van der Waals surface area contributed by atoms with Gasteiger partial charge in [-0.3, -0.25) is 9.79 Å². The van der Waals surface area contributed by atoms with E-state index in [0.29, 0.717) is 6.54 Å². The molecule has 2 N–H and O–H groups in total. The number of thioether (sulfide) groups is 1. The lowest BCUT2D eigenvalue weighted by Crippen LogP contribution is -2.49. The van der Waals surface area contributed by atoms with Crippen LogP contribution >= 0.6 is 11.8 Å². The van der Waals surface area contributed by atoms with Crippen molar-refractivity contribution in [2.75, 3.05) is 46.2 Å². The monoisotopic (exact) mass is 328 g/mol. The van der Waals surface area contributed by atoms with E-state index < -0.39 is 0 Å². The van der Waals surface area contributed by atoms with Gasteiger partial charge < -0.3 is 15.5 Å². The Morgan fingerprint density at radius 2 is 1.91 bits per heavy atom. The first kappa shape index (κ1) is 19.1. The van der Waals surface area contributed by atoms with E-state index in [1.165, 1.54) is 12.2 Å². The first-order valence-electron chi connectivity index (χ1n) is 8.21. The molecular weight excluding hydrogens is 296 g/mol. The summed E-state index contributed by atoms with van der Waals surface area (Å²) in [4.78, 5) is 18.5. The second kappa shape index (κ2) is 9.98. The van der Waals surface area contributed by atoms with E-state index in [-0.39, 0.29) is 11.3 Å². The number of carbonyl (C=O) groups is 1. The van der Waals surface area contributed by atoms with Crippen molar-refractivity contribution in [2.45, 2.75) is 38.5 Å². The highest BCUT2D eigenvalue weighted by Gasteiger charge is 2.42. The zero-order valence-electron chi connectivity index (χ0n) is 14.6. The summed E-state index contributed by atoms with van der Waals surface area (Å²) in [6, 6.07) is 0. The lowest BCUT2D eigenvalue weighted by Gasteiger charge is -2.31. The summed E-state index contributed by atoms with van der Waals surface area (Å²) < 4.78 is 0. The number of hydrogen-bond acceptors (Lipinski definition) is 3. The molecule has 0 radical (unpaired) electrons. The summed E-state index contributed by atoms with van der Waals surface area (Å²) in [5.74, 6) is 2.25. The van der Waals surface area contributed by atoms with Gasteiger partial charge in [0, 0.05) is 34.2 Å². The quantitative estimate of drug-likeness (QED) is 0.406. The van der Waals surface area contributed by atoms with Crippen LogP contribution in [-0.4, -0.2) is 63.0 Å².